The number of aryl methyl sites for hydroxylation is 1. The van der Waals surface area contributed by atoms with Gasteiger partial charge in [0.15, 0.2) is 0 Å². The van der Waals surface area contributed by atoms with Crippen molar-refractivity contribution in [2.24, 2.45) is 5.10 Å². The van der Waals surface area contributed by atoms with Crippen LogP contribution in [-0.4, -0.2) is 15.9 Å². The van der Waals surface area contributed by atoms with E-state index in [1.165, 1.54) is 4.68 Å². The molecule has 0 aliphatic rings. The Bertz CT molecular complexity index is 1440. The summed E-state index contributed by atoms with van der Waals surface area (Å²) in [6, 6.07) is 22.5. The Kier molecular flexibility index (Phi) is 7.51. The molecule has 34 heavy (non-hydrogen) atoms. The summed E-state index contributed by atoms with van der Waals surface area (Å²) in [6.07, 6.45) is 4.24. The van der Waals surface area contributed by atoms with Crippen LogP contribution in [0, 0.1) is 11.3 Å². The first-order valence-electron chi connectivity index (χ1n) is 11.1. The van der Waals surface area contributed by atoms with Crippen molar-refractivity contribution in [1.29, 1.82) is 5.26 Å². The van der Waals surface area contributed by atoms with Gasteiger partial charge in [-0.3, -0.25) is 4.79 Å². The van der Waals surface area contributed by atoms with Crippen molar-refractivity contribution in [3.8, 4) is 11.8 Å². The maximum Gasteiger partial charge on any atom is 0.282 e. The zero-order valence-corrected chi connectivity index (χ0v) is 20.3. The Morgan fingerprint density at radius 3 is 2.71 bits per heavy atom. The summed E-state index contributed by atoms with van der Waals surface area (Å²) >= 11 is 3.43. The Morgan fingerprint density at radius 1 is 1.15 bits per heavy atom. The Morgan fingerprint density at radius 2 is 1.94 bits per heavy atom. The van der Waals surface area contributed by atoms with Gasteiger partial charge < -0.3 is 4.74 Å². The standard InChI is InChI=1S/C27H23BrN4O2/c1-2-3-8-26-31-25-14-11-22(28)15-24(25)27(33)32(26)30-17-19-9-12-23(13-10-19)34-18-21-7-5-4-6-20(21)16-29/h4-7,9-15,17H,2-3,8,18H2,1H3. The molecule has 1 aromatic heterocycles. The average molecular weight is 515 g/mol. The van der Waals surface area contributed by atoms with Gasteiger partial charge in [0, 0.05) is 16.5 Å². The first kappa shape index (κ1) is 23.4. The second-order valence-electron chi connectivity index (χ2n) is 7.78. The van der Waals surface area contributed by atoms with Crippen LogP contribution < -0.4 is 10.3 Å². The lowest BCUT2D eigenvalue weighted by atomic mass is 10.1. The third-order valence-corrected chi connectivity index (χ3v) is 5.86. The minimum atomic E-state index is -0.190. The van der Waals surface area contributed by atoms with Crippen LogP contribution in [0.2, 0.25) is 0 Å². The average Bonchev–Trinajstić information content (AvgIpc) is 2.87. The van der Waals surface area contributed by atoms with Gasteiger partial charge >= 0.3 is 0 Å². The molecule has 1 heterocycles. The fourth-order valence-electron chi connectivity index (χ4n) is 3.50. The lowest BCUT2D eigenvalue weighted by molar-refractivity contribution is 0.306. The fraction of sp³-hybridized carbons (Fsp3) is 0.185. The molecule has 170 valence electrons. The third kappa shape index (κ3) is 5.41. The highest BCUT2D eigenvalue weighted by molar-refractivity contribution is 9.10. The summed E-state index contributed by atoms with van der Waals surface area (Å²) in [5.74, 6) is 1.33. The summed E-state index contributed by atoms with van der Waals surface area (Å²) < 4.78 is 8.05. The van der Waals surface area contributed by atoms with Gasteiger partial charge in [0.1, 0.15) is 18.2 Å². The maximum absolute atomic E-state index is 13.2. The van der Waals surface area contributed by atoms with Crippen LogP contribution in [0.4, 0.5) is 0 Å². The molecule has 4 rings (SSSR count). The molecular weight excluding hydrogens is 492 g/mol. The van der Waals surface area contributed by atoms with Crippen LogP contribution in [0.5, 0.6) is 5.75 Å². The number of unbranched alkanes of at least 4 members (excludes halogenated alkanes) is 1. The van der Waals surface area contributed by atoms with Crippen molar-refractivity contribution >= 4 is 33.0 Å². The Hall–Kier alpha value is -3.76. The number of hydrogen-bond acceptors (Lipinski definition) is 5. The van der Waals surface area contributed by atoms with E-state index in [2.05, 4.69) is 34.0 Å². The molecule has 0 aliphatic carbocycles. The fourth-order valence-corrected chi connectivity index (χ4v) is 3.86. The van der Waals surface area contributed by atoms with Crippen LogP contribution in [0.15, 0.2) is 81.1 Å². The van der Waals surface area contributed by atoms with Crippen molar-refractivity contribution in [3.63, 3.8) is 0 Å². The van der Waals surface area contributed by atoms with Gasteiger partial charge in [-0.05, 0) is 60.5 Å². The number of hydrogen-bond donors (Lipinski definition) is 0. The van der Waals surface area contributed by atoms with Gasteiger partial charge in [-0.2, -0.15) is 15.0 Å². The molecule has 3 aromatic carbocycles. The molecular formula is C27H23BrN4O2. The topological polar surface area (TPSA) is 80.3 Å². The molecule has 0 unspecified atom stereocenters. The molecule has 0 aliphatic heterocycles. The first-order valence-corrected chi connectivity index (χ1v) is 11.8. The summed E-state index contributed by atoms with van der Waals surface area (Å²) in [5.41, 5.74) is 2.75. The highest BCUT2D eigenvalue weighted by atomic mass is 79.9. The quantitative estimate of drug-likeness (QED) is 0.277. The molecule has 0 fully saturated rings. The third-order valence-electron chi connectivity index (χ3n) is 5.36. The zero-order chi connectivity index (χ0) is 23.9. The van der Waals surface area contributed by atoms with Crippen LogP contribution in [0.1, 0.15) is 42.3 Å². The van der Waals surface area contributed by atoms with E-state index >= 15 is 0 Å². The molecule has 6 nitrogen and oxygen atoms in total. The Labute approximate surface area is 206 Å². The van der Waals surface area contributed by atoms with Gasteiger partial charge in [-0.25, -0.2) is 4.98 Å². The molecule has 0 N–H and O–H groups in total. The molecule has 0 atom stereocenters. The van der Waals surface area contributed by atoms with Crippen LogP contribution >= 0.6 is 15.9 Å². The van der Waals surface area contributed by atoms with Gasteiger partial charge in [0.25, 0.3) is 5.56 Å². The number of ether oxygens (including phenoxy) is 1. The SMILES string of the molecule is CCCCc1nc2ccc(Br)cc2c(=O)n1N=Cc1ccc(OCc2ccccc2C#N)cc1. The molecule has 0 bridgehead atoms. The van der Waals surface area contributed by atoms with Crippen molar-refractivity contribution in [2.45, 2.75) is 32.8 Å². The molecule has 0 spiro atoms. The number of nitriles is 1. The number of benzene rings is 3. The number of nitrogens with zero attached hydrogens (tertiary/aromatic N) is 4. The highest BCUT2D eigenvalue weighted by Gasteiger charge is 2.11. The predicted octanol–water partition coefficient (Wildman–Crippen LogP) is 5.83. The van der Waals surface area contributed by atoms with E-state index in [-0.39, 0.29) is 5.56 Å². The zero-order valence-electron chi connectivity index (χ0n) is 18.7. The minimum absolute atomic E-state index is 0.190. The van der Waals surface area contributed by atoms with Gasteiger partial charge in [-0.1, -0.05) is 47.5 Å². The predicted molar refractivity (Wildman–Crippen MR) is 137 cm³/mol. The van der Waals surface area contributed by atoms with Crippen molar-refractivity contribution in [1.82, 2.24) is 9.66 Å². The van der Waals surface area contributed by atoms with Crippen molar-refractivity contribution in [2.75, 3.05) is 0 Å². The van der Waals surface area contributed by atoms with Gasteiger partial charge in [0.05, 0.1) is 28.8 Å². The van der Waals surface area contributed by atoms with E-state index < -0.39 is 0 Å². The van der Waals surface area contributed by atoms with Crippen molar-refractivity contribution in [3.05, 3.63) is 104 Å². The van der Waals surface area contributed by atoms with Crippen LogP contribution in [0.3, 0.4) is 0 Å². The van der Waals surface area contributed by atoms with Gasteiger partial charge in [-0.15, -0.1) is 0 Å². The Balaban J connectivity index is 1.56. The summed E-state index contributed by atoms with van der Waals surface area (Å²) in [4.78, 5) is 17.9. The summed E-state index contributed by atoms with van der Waals surface area (Å²) in [6.45, 7) is 2.41. The lowest BCUT2D eigenvalue weighted by Crippen LogP contribution is -2.22. The molecule has 0 saturated heterocycles. The molecule has 0 amide bonds. The molecule has 4 aromatic rings. The second-order valence-corrected chi connectivity index (χ2v) is 8.70. The number of fused-ring (bicyclic) bond motifs is 1. The largest absolute Gasteiger partial charge is 0.489 e. The smallest absolute Gasteiger partial charge is 0.282 e. The van der Waals surface area contributed by atoms with E-state index in [0.717, 1.165) is 28.4 Å². The van der Waals surface area contributed by atoms with E-state index in [1.807, 2.05) is 54.6 Å². The van der Waals surface area contributed by atoms with E-state index in [1.54, 1.807) is 18.3 Å². The number of rotatable bonds is 8. The van der Waals surface area contributed by atoms with Crippen LogP contribution in [0.25, 0.3) is 10.9 Å². The van der Waals surface area contributed by atoms with Crippen molar-refractivity contribution < 1.29 is 4.74 Å². The maximum atomic E-state index is 13.2. The molecule has 7 heteroatoms. The minimum Gasteiger partial charge on any atom is -0.489 e. The summed E-state index contributed by atoms with van der Waals surface area (Å²) in [7, 11) is 0. The lowest BCUT2D eigenvalue weighted by Gasteiger charge is -2.09. The van der Waals surface area contributed by atoms with E-state index in [4.69, 9.17) is 9.72 Å². The highest BCUT2D eigenvalue weighted by Crippen LogP contribution is 2.18. The number of aromatic nitrogens is 2. The molecule has 0 saturated carbocycles. The normalized spacial score (nSPS) is 11.1. The van der Waals surface area contributed by atoms with E-state index in [0.29, 0.717) is 41.1 Å². The van der Waals surface area contributed by atoms with Crippen LogP contribution in [-0.2, 0) is 13.0 Å². The van der Waals surface area contributed by atoms with E-state index in [9.17, 15) is 10.1 Å². The molecule has 0 radical (unpaired) electrons. The monoisotopic (exact) mass is 514 g/mol. The second kappa shape index (κ2) is 10.9. The summed E-state index contributed by atoms with van der Waals surface area (Å²) in [5, 5.41) is 14.2. The first-order chi connectivity index (χ1) is 16.6. The van der Waals surface area contributed by atoms with Gasteiger partial charge in [0.2, 0.25) is 0 Å². The number of halogens is 1.